The molecule has 5 heteroatoms. The molecule has 4 nitrogen and oxygen atoms in total. The first-order chi connectivity index (χ1) is 9.33. The smallest absolute Gasteiger partial charge is 0.165 e. The molecule has 1 aliphatic rings. The van der Waals surface area contributed by atoms with E-state index < -0.39 is 0 Å². The molecule has 0 radical (unpaired) electrons. The number of nitrogens with one attached hydrogen (secondary N) is 1. The molecular formula is C14H16N2O2S. The van der Waals surface area contributed by atoms with Gasteiger partial charge in [-0.2, -0.15) is 0 Å². The van der Waals surface area contributed by atoms with E-state index in [1.807, 2.05) is 25.3 Å². The van der Waals surface area contributed by atoms with Crippen molar-refractivity contribution in [1.82, 2.24) is 10.3 Å². The number of nitrogens with zero attached hydrogens (tertiary/aromatic N) is 1. The average molecular weight is 276 g/mol. The minimum Gasteiger partial charge on any atom is -0.486 e. The van der Waals surface area contributed by atoms with Crippen molar-refractivity contribution in [3.8, 4) is 11.5 Å². The predicted octanol–water partition coefficient (Wildman–Crippen LogP) is 2.51. The van der Waals surface area contributed by atoms with Crippen molar-refractivity contribution >= 4 is 11.3 Å². The Morgan fingerprint density at radius 3 is 3.00 bits per heavy atom. The summed E-state index contributed by atoms with van der Waals surface area (Å²) in [4.78, 5) is 5.50. The molecule has 1 aliphatic heterocycles. The highest BCUT2D eigenvalue weighted by atomic mass is 32.1. The largest absolute Gasteiger partial charge is 0.486 e. The number of aryl methyl sites for hydroxylation is 1. The third-order valence-corrected chi connectivity index (χ3v) is 3.84. The van der Waals surface area contributed by atoms with E-state index in [1.54, 1.807) is 11.3 Å². The maximum atomic E-state index is 5.69. The average Bonchev–Trinajstić information content (AvgIpc) is 2.85. The second-order valence-electron chi connectivity index (χ2n) is 4.39. The quantitative estimate of drug-likeness (QED) is 0.932. The van der Waals surface area contributed by atoms with Crippen LogP contribution in [-0.2, 0) is 13.1 Å². The van der Waals surface area contributed by atoms with E-state index in [1.165, 1.54) is 4.88 Å². The van der Waals surface area contributed by atoms with Crippen LogP contribution in [0.15, 0.2) is 24.4 Å². The Kier molecular flexibility index (Phi) is 3.66. The van der Waals surface area contributed by atoms with Gasteiger partial charge in [0.25, 0.3) is 0 Å². The summed E-state index contributed by atoms with van der Waals surface area (Å²) in [5, 5.41) is 4.52. The van der Waals surface area contributed by atoms with Crippen molar-refractivity contribution < 1.29 is 9.47 Å². The van der Waals surface area contributed by atoms with Crippen molar-refractivity contribution in [2.45, 2.75) is 20.0 Å². The van der Waals surface area contributed by atoms with Gasteiger partial charge in [0.15, 0.2) is 11.5 Å². The van der Waals surface area contributed by atoms with E-state index in [0.717, 1.165) is 35.2 Å². The van der Waals surface area contributed by atoms with Gasteiger partial charge in [-0.1, -0.05) is 12.1 Å². The molecule has 0 atom stereocenters. The molecule has 1 N–H and O–H groups in total. The summed E-state index contributed by atoms with van der Waals surface area (Å²) < 4.78 is 11.3. The third-order valence-electron chi connectivity index (χ3n) is 2.93. The molecule has 0 saturated carbocycles. The molecule has 2 heterocycles. The Morgan fingerprint density at radius 1 is 1.26 bits per heavy atom. The fraction of sp³-hybridized carbons (Fsp3) is 0.357. The zero-order valence-corrected chi connectivity index (χ0v) is 11.6. The molecular weight excluding hydrogens is 260 g/mol. The van der Waals surface area contributed by atoms with E-state index in [-0.39, 0.29) is 0 Å². The van der Waals surface area contributed by atoms with Crippen LogP contribution in [0.3, 0.4) is 0 Å². The second kappa shape index (κ2) is 5.59. The fourth-order valence-electron chi connectivity index (χ4n) is 2.08. The number of para-hydroxylation sites is 1. The maximum absolute atomic E-state index is 5.69. The van der Waals surface area contributed by atoms with Gasteiger partial charge in [-0.15, -0.1) is 11.3 Å². The number of thiazole rings is 1. The van der Waals surface area contributed by atoms with Gasteiger partial charge in [0, 0.05) is 29.7 Å². The minimum absolute atomic E-state index is 0.623. The highest BCUT2D eigenvalue weighted by molar-refractivity contribution is 7.11. The number of hydrogen-bond acceptors (Lipinski definition) is 5. The lowest BCUT2D eigenvalue weighted by Gasteiger charge is -2.21. The summed E-state index contributed by atoms with van der Waals surface area (Å²) in [7, 11) is 0. The number of aromatic nitrogens is 1. The Labute approximate surface area is 116 Å². The van der Waals surface area contributed by atoms with Gasteiger partial charge in [-0.3, -0.25) is 0 Å². The lowest BCUT2D eigenvalue weighted by molar-refractivity contribution is 0.169. The van der Waals surface area contributed by atoms with Gasteiger partial charge in [0.2, 0.25) is 0 Å². The van der Waals surface area contributed by atoms with Crippen molar-refractivity contribution in [2.24, 2.45) is 0 Å². The molecule has 2 aromatic rings. The SMILES string of the molecule is Cc1ncc(CNCc2cccc3c2OCCO3)s1. The van der Waals surface area contributed by atoms with Crippen molar-refractivity contribution in [1.29, 1.82) is 0 Å². The molecule has 0 amide bonds. The van der Waals surface area contributed by atoms with E-state index >= 15 is 0 Å². The second-order valence-corrected chi connectivity index (χ2v) is 5.71. The van der Waals surface area contributed by atoms with Gasteiger partial charge in [-0.25, -0.2) is 4.98 Å². The van der Waals surface area contributed by atoms with Crippen LogP contribution in [0.25, 0.3) is 0 Å². The normalized spacial score (nSPS) is 13.5. The molecule has 1 aromatic carbocycles. The van der Waals surface area contributed by atoms with Gasteiger partial charge in [0.1, 0.15) is 13.2 Å². The summed E-state index contributed by atoms with van der Waals surface area (Å²) in [5.74, 6) is 1.72. The number of rotatable bonds is 4. The van der Waals surface area contributed by atoms with E-state index in [4.69, 9.17) is 9.47 Å². The predicted molar refractivity (Wildman–Crippen MR) is 74.8 cm³/mol. The Hall–Kier alpha value is -1.59. The molecule has 1 aromatic heterocycles. The van der Waals surface area contributed by atoms with Crippen molar-refractivity contribution in [3.05, 3.63) is 39.8 Å². The summed E-state index contributed by atoms with van der Waals surface area (Å²) in [5.41, 5.74) is 1.14. The highest BCUT2D eigenvalue weighted by Crippen LogP contribution is 2.33. The monoisotopic (exact) mass is 276 g/mol. The highest BCUT2D eigenvalue weighted by Gasteiger charge is 2.14. The van der Waals surface area contributed by atoms with Gasteiger partial charge in [-0.05, 0) is 13.0 Å². The molecule has 0 saturated heterocycles. The topological polar surface area (TPSA) is 43.4 Å². The van der Waals surface area contributed by atoms with Crippen LogP contribution in [0, 0.1) is 6.92 Å². The van der Waals surface area contributed by atoms with Crippen LogP contribution in [0.5, 0.6) is 11.5 Å². The molecule has 3 rings (SSSR count). The maximum Gasteiger partial charge on any atom is 0.165 e. The minimum atomic E-state index is 0.623. The molecule has 100 valence electrons. The fourth-order valence-corrected chi connectivity index (χ4v) is 2.85. The standard InChI is InChI=1S/C14H16N2O2S/c1-10-16-9-12(19-10)8-15-7-11-3-2-4-13-14(11)18-6-5-17-13/h2-4,9,15H,5-8H2,1H3. The van der Waals surface area contributed by atoms with Gasteiger partial charge < -0.3 is 14.8 Å². The number of fused-ring (bicyclic) bond motifs is 1. The van der Waals surface area contributed by atoms with E-state index in [0.29, 0.717) is 13.2 Å². The van der Waals surface area contributed by atoms with Crippen LogP contribution in [0.1, 0.15) is 15.4 Å². The zero-order valence-electron chi connectivity index (χ0n) is 10.8. The Balaban J connectivity index is 1.64. The number of hydrogen-bond donors (Lipinski definition) is 1. The van der Waals surface area contributed by atoms with E-state index in [2.05, 4.69) is 16.4 Å². The van der Waals surface area contributed by atoms with Crippen LogP contribution < -0.4 is 14.8 Å². The van der Waals surface area contributed by atoms with Crippen LogP contribution >= 0.6 is 11.3 Å². The lowest BCUT2D eigenvalue weighted by Crippen LogP contribution is -2.19. The third kappa shape index (κ3) is 2.88. The molecule has 0 fully saturated rings. The summed E-state index contributed by atoms with van der Waals surface area (Å²) in [6.45, 7) is 4.87. The van der Waals surface area contributed by atoms with Crippen molar-refractivity contribution in [2.75, 3.05) is 13.2 Å². The molecule has 0 aliphatic carbocycles. The molecule has 0 spiro atoms. The first-order valence-electron chi connectivity index (χ1n) is 6.32. The number of ether oxygens (including phenoxy) is 2. The summed E-state index contributed by atoms with van der Waals surface area (Å²) >= 11 is 1.72. The first-order valence-corrected chi connectivity index (χ1v) is 7.14. The van der Waals surface area contributed by atoms with Crippen LogP contribution in [0.2, 0.25) is 0 Å². The van der Waals surface area contributed by atoms with Crippen LogP contribution in [0.4, 0.5) is 0 Å². The lowest BCUT2D eigenvalue weighted by atomic mass is 10.1. The number of benzene rings is 1. The first kappa shape index (κ1) is 12.4. The molecule has 0 bridgehead atoms. The van der Waals surface area contributed by atoms with Gasteiger partial charge in [0.05, 0.1) is 5.01 Å². The zero-order chi connectivity index (χ0) is 13.1. The molecule has 0 unspecified atom stereocenters. The van der Waals surface area contributed by atoms with Gasteiger partial charge >= 0.3 is 0 Å². The van der Waals surface area contributed by atoms with Crippen LogP contribution in [-0.4, -0.2) is 18.2 Å². The summed E-state index contributed by atoms with van der Waals surface area (Å²) in [6.07, 6.45) is 1.92. The summed E-state index contributed by atoms with van der Waals surface area (Å²) in [6, 6.07) is 6.02. The van der Waals surface area contributed by atoms with E-state index in [9.17, 15) is 0 Å². The van der Waals surface area contributed by atoms with Crippen molar-refractivity contribution in [3.63, 3.8) is 0 Å². The Morgan fingerprint density at radius 2 is 2.16 bits per heavy atom. The molecule has 19 heavy (non-hydrogen) atoms. The Bertz CT molecular complexity index is 568.